The third-order valence-corrected chi connectivity index (χ3v) is 0. The third-order valence-electron chi connectivity index (χ3n) is 0. The molecule has 4 heteroatoms. The molecule has 0 atom stereocenters. The van der Waals surface area contributed by atoms with E-state index in [0.29, 0.717) is 0 Å². The maximum Gasteiger partial charge on any atom is 0 e. The summed E-state index contributed by atoms with van der Waals surface area (Å²) in [6.07, 6.45) is 0. The molecule has 0 aromatic carbocycles. The van der Waals surface area contributed by atoms with E-state index in [2.05, 4.69) is 0 Å². The summed E-state index contributed by atoms with van der Waals surface area (Å²) < 4.78 is 0. The minimum atomic E-state index is 0. The Balaban J connectivity index is 0. The normalized spacial score (nSPS) is 0. The molecule has 0 aromatic rings. The van der Waals surface area contributed by atoms with Gasteiger partial charge in [0.05, 0.1) is 0 Å². The first-order valence-electron chi connectivity index (χ1n) is 0. The molecule has 0 heterocycles. The van der Waals surface area contributed by atoms with E-state index in [1.165, 1.54) is 0 Å². The molecule has 0 bridgehead atoms. The van der Waals surface area contributed by atoms with Crippen molar-refractivity contribution in [3.63, 3.8) is 0 Å². The monoisotopic (exact) mass is 176 g/mol. The molecule has 4 heavy (non-hydrogen) atoms. The smallest absolute Gasteiger partial charge is 0 e. The van der Waals surface area contributed by atoms with Gasteiger partial charge in [0, 0.05) is 57.3 Å². The average molecular weight is 177 g/mol. The van der Waals surface area contributed by atoms with Crippen LogP contribution in [0.1, 0.15) is 0 Å². The van der Waals surface area contributed by atoms with Gasteiger partial charge in [-0.1, -0.05) is 0 Å². The van der Waals surface area contributed by atoms with Gasteiger partial charge in [-0.3, -0.25) is 0 Å². The van der Waals surface area contributed by atoms with Crippen molar-refractivity contribution in [2.75, 3.05) is 0 Å². The Labute approximate surface area is 57.1 Å². The molecule has 0 unspecified atom stereocenters. The molecule has 2 radical (unpaired) electrons. The van der Waals surface area contributed by atoms with Crippen LogP contribution < -0.4 is 0 Å². The number of hydrogen-bond acceptors (Lipinski definition) is 0. The fourth-order valence-electron chi connectivity index (χ4n) is 0. The number of rotatable bonds is 0. The van der Waals surface area contributed by atoms with Crippen LogP contribution >= 0.6 is 0 Å². The van der Waals surface area contributed by atoms with Gasteiger partial charge in [0.15, 0.2) is 0 Å². The van der Waals surface area contributed by atoms with Gasteiger partial charge < -0.3 is 0 Å². The fourth-order valence-corrected chi connectivity index (χ4v) is 0. The van der Waals surface area contributed by atoms with Crippen LogP contribution in [0.4, 0.5) is 9.41 Å². The number of hydrogen-bond donors (Lipinski definition) is 0. The maximum absolute atomic E-state index is 0. The number of halogens is 2. The van der Waals surface area contributed by atoms with E-state index in [1.54, 1.807) is 0 Å². The summed E-state index contributed by atoms with van der Waals surface area (Å²) in [5, 5.41) is 0. The van der Waals surface area contributed by atoms with Gasteiger partial charge in [0.1, 0.15) is 0 Å². The van der Waals surface area contributed by atoms with E-state index in [1.807, 2.05) is 0 Å². The van der Waals surface area contributed by atoms with Crippen molar-refractivity contribution in [2.24, 2.45) is 0 Å². The first-order valence-corrected chi connectivity index (χ1v) is 0. The summed E-state index contributed by atoms with van der Waals surface area (Å²) in [6.45, 7) is 0. The third kappa shape index (κ3) is 9.83. The predicted molar refractivity (Wildman–Crippen MR) is 2.22 cm³/mol. The Bertz CT molecular complexity index is 6.00. The van der Waals surface area contributed by atoms with Crippen molar-refractivity contribution in [1.82, 2.24) is 0 Å². The van der Waals surface area contributed by atoms with Crippen LogP contribution in [0.3, 0.4) is 0 Å². The van der Waals surface area contributed by atoms with Gasteiger partial charge in [-0.05, 0) is 0 Å². The van der Waals surface area contributed by atoms with Crippen molar-refractivity contribution >= 4 is 0 Å². The second kappa shape index (κ2) is 25.1. The first kappa shape index (κ1) is 51.0. The fraction of sp³-hybridized carbons (Fsp3) is 0. The molecular formula is F2TiZr. The minimum Gasteiger partial charge on any atom is 0 e. The molecule has 0 aliphatic carbocycles. The molecule has 0 spiro atoms. The predicted octanol–water partition coefficient (Wildman–Crippen LogP) is 0.835. The molecule has 0 aromatic heterocycles. The minimum absolute atomic E-state index is 0. The molecule has 0 rings (SSSR count). The van der Waals surface area contributed by atoms with Crippen molar-refractivity contribution < 1.29 is 57.3 Å². The van der Waals surface area contributed by atoms with Crippen molar-refractivity contribution in [2.45, 2.75) is 0 Å². The average Bonchev–Trinajstić information content (AvgIpc) is 0. The zero-order valence-corrected chi connectivity index (χ0v) is 5.78. The molecule has 0 nitrogen and oxygen atoms in total. The summed E-state index contributed by atoms with van der Waals surface area (Å²) in [6, 6.07) is 0. The van der Waals surface area contributed by atoms with Gasteiger partial charge >= 0.3 is 0 Å². The second-order valence-electron chi connectivity index (χ2n) is 0. The summed E-state index contributed by atoms with van der Waals surface area (Å²) in [5.74, 6) is 0. The van der Waals surface area contributed by atoms with Gasteiger partial charge in [0.25, 0.3) is 0 Å². The molecule has 0 N–H and O–H groups in total. The van der Waals surface area contributed by atoms with E-state index in [0.717, 1.165) is 0 Å². The molecular weight excluding hydrogens is 177 g/mol. The van der Waals surface area contributed by atoms with Crippen LogP contribution in [0.5, 0.6) is 0 Å². The Kier molecular flexibility index (Phi) is 320. The summed E-state index contributed by atoms with van der Waals surface area (Å²) in [5.41, 5.74) is 0. The van der Waals surface area contributed by atoms with Crippen LogP contribution in [-0.4, -0.2) is 0 Å². The largest absolute Gasteiger partial charge is 0 e. The molecule has 22 valence electrons. The zero-order chi connectivity index (χ0) is 0. The molecule has 0 amide bonds. The van der Waals surface area contributed by atoms with Crippen LogP contribution in [0.25, 0.3) is 0 Å². The Morgan fingerprint density at radius 3 is 0.750 bits per heavy atom. The SMILES string of the molecule is [F].[F].[Ti].[Zr]. The topological polar surface area (TPSA) is 0 Å². The summed E-state index contributed by atoms with van der Waals surface area (Å²) in [7, 11) is 0. The summed E-state index contributed by atoms with van der Waals surface area (Å²) >= 11 is 0. The molecule has 0 saturated heterocycles. The van der Waals surface area contributed by atoms with Crippen molar-refractivity contribution in [3.8, 4) is 0 Å². The van der Waals surface area contributed by atoms with Crippen LogP contribution in [0.2, 0.25) is 0 Å². The molecule has 0 saturated carbocycles. The van der Waals surface area contributed by atoms with E-state index in [-0.39, 0.29) is 57.3 Å². The van der Waals surface area contributed by atoms with E-state index >= 15 is 0 Å². The molecule has 0 aliphatic rings. The Morgan fingerprint density at radius 1 is 0.750 bits per heavy atom. The summed E-state index contributed by atoms with van der Waals surface area (Å²) in [4.78, 5) is 0. The van der Waals surface area contributed by atoms with Crippen molar-refractivity contribution in [1.29, 1.82) is 0 Å². The molecule has 0 aliphatic heterocycles. The first-order chi connectivity index (χ1) is 0. The molecule has 0 fully saturated rings. The van der Waals surface area contributed by atoms with Crippen LogP contribution in [-0.2, 0) is 47.9 Å². The van der Waals surface area contributed by atoms with Gasteiger partial charge in [-0.15, -0.1) is 0 Å². The Morgan fingerprint density at radius 2 is 0.750 bits per heavy atom. The van der Waals surface area contributed by atoms with E-state index in [4.69, 9.17) is 0 Å². The van der Waals surface area contributed by atoms with Crippen LogP contribution in [0.15, 0.2) is 0 Å². The standard InChI is InChI=1S/2F.Ti.Zr. The van der Waals surface area contributed by atoms with Gasteiger partial charge in [0.2, 0.25) is 0 Å². The van der Waals surface area contributed by atoms with Gasteiger partial charge in [-0.2, -0.15) is 0 Å². The Hall–Kier alpha value is 1.46. The van der Waals surface area contributed by atoms with Gasteiger partial charge in [-0.25, -0.2) is 0 Å². The quantitative estimate of drug-likeness (QED) is 0.481. The van der Waals surface area contributed by atoms with Crippen LogP contribution in [0, 0.1) is 0 Å². The van der Waals surface area contributed by atoms with Crippen molar-refractivity contribution in [3.05, 3.63) is 0 Å². The van der Waals surface area contributed by atoms with E-state index < -0.39 is 0 Å². The zero-order valence-electron chi connectivity index (χ0n) is 1.76. The second-order valence-corrected chi connectivity index (χ2v) is 0. The maximum atomic E-state index is 0. The van der Waals surface area contributed by atoms with E-state index in [9.17, 15) is 0 Å².